The Hall–Kier alpha value is -2.00. The molecule has 6 nitrogen and oxygen atoms in total. The molecule has 0 bridgehead atoms. The number of carbonyl (C=O) groups is 1. The first-order valence-corrected chi connectivity index (χ1v) is 13.7. The van der Waals surface area contributed by atoms with E-state index in [4.69, 9.17) is 11.6 Å². The van der Waals surface area contributed by atoms with E-state index in [9.17, 15) is 4.79 Å². The fourth-order valence-corrected chi connectivity index (χ4v) is 5.36. The first-order valence-electron chi connectivity index (χ1n) is 11.5. The van der Waals surface area contributed by atoms with Crippen molar-refractivity contribution in [3.8, 4) is 0 Å². The van der Waals surface area contributed by atoms with E-state index >= 15 is 0 Å². The van der Waals surface area contributed by atoms with E-state index in [1.54, 1.807) is 11.8 Å². The number of nitrogens with zero attached hydrogens (tertiary/aromatic N) is 4. The Morgan fingerprint density at radius 2 is 1.85 bits per heavy atom. The van der Waals surface area contributed by atoms with Gasteiger partial charge in [-0.3, -0.25) is 9.69 Å². The Morgan fingerprint density at radius 1 is 1.12 bits per heavy atom. The molecule has 3 aromatic rings. The Kier molecular flexibility index (Phi) is 10.3. The van der Waals surface area contributed by atoms with Crippen LogP contribution in [0.15, 0.2) is 63.5 Å². The number of aromatic nitrogens is 3. The van der Waals surface area contributed by atoms with Crippen LogP contribution in [0.5, 0.6) is 0 Å². The third-order valence-electron chi connectivity index (χ3n) is 5.32. The predicted octanol–water partition coefficient (Wildman–Crippen LogP) is 6.63. The van der Waals surface area contributed by atoms with Gasteiger partial charge < -0.3 is 9.88 Å². The van der Waals surface area contributed by atoms with Crippen molar-refractivity contribution in [3.63, 3.8) is 0 Å². The third kappa shape index (κ3) is 7.25. The van der Waals surface area contributed by atoms with Crippen LogP contribution in [-0.4, -0.2) is 45.4 Å². The largest absolute Gasteiger partial charge is 0.324 e. The fourth-order valence-electron chi connectivity index (χ4n) is 3.56. The van der Waals surface area contributed by atoms with Gasteiger partial charge in [0.1, 0.15) is 0 Å². The number of thioether (sulfide) groups is 1. The molecule has 0 spiro atoms. The van der Waals surface area contributed by atoms with E-state index in [2.05, 4.69) is 52.9 Å². The van der Waals surface area contributed by atoms with Gasteiger partial charge in [0.2, 0.25) is 5.91 Å². The maximum atomic E-state index is 12.8. The van der Waals surface area contributed by atoms with Crippen molar-refractivity contribution in [1.82, 2.24) is 19.7 Å². The fraction of sp³-hybridized carbons (Fsp3) is 0.400. The standard InChI is InChI=1S/C25H32ClN5OS2/c1-5-7-16-31-24(21(6-2)30(3)4)28-29-25(31)33-17-23(32)27-20-10-8-9-11-22(20)34-19-14-12-18(26)13-15-19/h8-15,21H,5-7,16-17H2,1-4H3,(H,27,32)/t21-/m0/s1. The minimum absolute atomic E-state index is 0.0691. The van der Waals surface area contributed by atoms with Crippen LogP contribution in [0.3, 0.4) is 0 Å². The second kappa shape index (κ2) is 13.2. The van der Waals surface area contributed by atoms with E-state index in [0.717, 1.165) is 52.3 Å². The molecule has 9 heteroatoms. The van der Waals surface area contributed by atoms with Crippen molar-refractivity contribution in [1.29, 1.82) is 0 Å². The van der Waals surface area contributed by atoms with Gasteiger partial charge in [-0.2, -0.15) is 0 Å². The number of benzene rings is 2. The van der Waals surface area contributed by atoms with Crippen LogP contribution in [-0.2, 0) is 11.3 Å². The summed E-state index contributed by atoms with van der Waals surface area (Å²) in [4.78, 5) is 17.0. The first kappa shape index (κ1) is 26.6. The molecule has 0 saturated heterocycles. The summed E-state index contributed by atoms with van der Waals surface area (Å²) >= 11 is 9.02. The molecule has 0 unspecified atom stereocenters. The molecular formula is C25H32ClN5OS2. The molecule has 0 radical (unpaired) electrons. The number of halogens is 1. The monoisotopic (exact) mass is 517 g/mol. The van der Waals surface area contributed by atoms with Gasteiger partial charge >= 0.3 is 0 Å². The number of rotatable bonds is 12. The molecule has 1 heterocycles. The van der Waals surface area contributed by atoms with E-state index in [0.29, 0.717) is 5.02 Å². The van der Waals surface area contributed by atoms with Gasteiger partial charge in [0.25, 0.3) is 0 Å². The number of carbonyl (C=O) groups excluding carboxylic acids is 1. The second-order valence-electron chi connectivity index (χ2n) is 8.12. The maximum Gasteiger partial charge on any atom is 0.234 e. The summed E-state index contributed by atoms with van der Waals surface area (Å²) in [5.41, 5.74) is 0.792. The predicted molar refractivity (Wildman–Crippen MR) is 143 cm³/mol. The molecule has 34 heavy (non-hydrogen) atoms. The van der Waals surface area contributed by atoms with Crippen LogP contribution in [0.4, 0.5) is 5.69 Å². The molecular weight excluding hydrogens is 486 g/mol. The molecule has 1 atom stereocenters. The van der Waals surface area contributed by atoms with Crippen molar-refractivity contribution in [2.45, 2.75) is 60.6 Å². The van der Waals surface area contributed by atoms with Gasteiger partial charge in [-0.15, -0.1) is 10.2 Å². The van der Waals surface area contributed by atoms with Crippen molar-refractivity contribution in [3.05, 3.63) is 59.4 Å². The Labute approximate surface area is 215 Å². The Balaban J connectivity index is 1.68. The zero-order chi connectivity index (χ0) is 24.5. The SMILES string of the molecule is CCCCn1c(SCC(=O)Nc2ccccc2Sc2ccc(Cl)cc2)nnc1[C@H](CC)N(C)C. The summed E-state index contributed by atoms with van der Waals surface area (Å²) in [5.74, 6) is 1.16. The second-order valence-corrected chi connectivity index (χ2v) is 10.6. The van der Waals surface area contributed by atoms with E-state index in [-0.39, 0.29) is 17.7 Å². The summed E-state index contributed by atoms with van der Waals surface area (Å²) in [6.07, 6.45) is 3.08. The lowest BCUT2D eigenvalue weighted by Crippen LogP contribution is -2.23. The molecule has 1 N–H and O–H groups in total. The van der Waals surface area contributed by atoms with Crippen molar-refractivity contribution in [2.24, 2.45) is 0 Å². The highest BCUT2D eigenvalue weighted by Gasteiger charge is 2.22. The number of anilines is 1. The van der Waals surface area contributed by atoms with Gasteiger partial charge in [0.05, 0.1) is 17.5 Å². The van der Waals surface area contributed by atoms with Gasteiger partial charge in [0.15, 0.2) is 11.0 Å². The minimum Gasteiger partial charge on any atom is -0.324 e. The first-order chi connectivity index (χ1) is 16.4. The van der Waals surface area contributed by atoms with E-state index in [1.807, 2.05) is 48.5 Å². The topological polar surface area (TPSA) is 63.1 Å². The molecule has 1 amide bonds. The molecule has 0 saturated carbocycles. The molecule has 0 fully saturated rings. The third-order valence-corrected chi connectivity index (χ3v) is 7.63. The molecule has 0 aliphatic heterocycles. The summed E-state index contributed by atoms with van der Waals surface area (Å²) in [6, 6.07) is 15.7. The van der Waals surface area contributed by atoms with Crippen LogP contribution in [0.1, 0.15) is 45.0 Å². The molecule has 182 valence electrons. The summed E-state index contributed by atoms with van der Waals surface area (Å²) in [6.45, 7) is 5.18. The smallest absolute Gasteiger partial charge is 0.234 e. The highest BCUT2D eigenvalue weighted by atomic mass is 35.5. The van der Waals surface area contributed by atoms with Gasteiger partial charge in [-0.05, 0) is 63.3 Å². The lowest BCUT2D eigenvalue weighted by Gasteiger charge is -2.23. The molecule has 2 aromatic carbocycles. The average Bonchev–Trinajstić information content (AvgIpc) is 3.21. The van der Waals surface area contributed by atoms with Crippen LogP contribution in [0.25, 0.3) is 0 Å². The number of unbranched alkanes of at least 4 members (excludes halogenated alkanes) is 1. The van der Waals surface area contributed by atoms with Crippen molar-refractivity contribution < 1.29 is 4.79 Å². The van der Waals surface area contributed by atoms with Crippen molar-refractivity contribution in [2.75, 3.05) is 25.2 Å². The van der Waals surface area contributed by atoms with Gasteiger partial charge in [-0.25, -0.2) is 0 Å². The van der Waals surface area contributed by atoms with Crippen LogP contribution in [0, 0.1) is 0 Å². The summed E-state index contributed by atoms with van der Waals surface area (Å²) in [7, 11) is 4.12. The Morgan fingerprint density at radius 3 is 2.53 bits per heavy atom. The number of hydrogen-bond acceptors (Lipinski definition) is 6. The highest BCUT2D eigenvalue weighted by molar-refractivity contribution is 8.00. The number of hydrogen-bond donors (Lipinski definition) is 1. The Bertz CT molecular complexity index is 1070. The number of amides is 1. The quantitative estimate of drug-likeness (QED) is 0.272. The zero-order valence-electron chi connectivity index (χ0n) is 20.1. The average molecular weight is 518 g/mol. The van der Waals surface area contributed by atoms with Gasteiger partial charge in [-0.1, -0.05) is 67.5 Å². The minimum atomic E-state index is -0.0691. The summed E-state index contributed by atoms with van der Waals surface area (Å²) in [5, 5.41) is 13.5. The van der Waals surface area contributed by atoms with E-state index in [1.165, 1.54) is 11.8 Å². The zero-order valence-corrected chi connectivity index (χ0v) is 22.5. The van der Waals surface area contributed by atoms with Crippen LogP contribution >= 0.6 is 35.1 Å². The summed E-state index contributed by atoms with van der Waals surface area (Å²) < 4.78 is 2.18. The highest BCUT2D eigenvalue weighted by Crippen LogP contribution is 2.34. The van der Waals surface area contributed by atoms with Gasteiger partial charge in [0, 0.05) is 21.4 Å². The molecule has 3 rings (SSSR count). The number of para-hydroxylation sites is 1. The normalized spacial score (nSPS) is 12.2. The molecule has 0 aliphatic rings. The van der Waals surface area contributed by atoms with E-state index < -0.39 is 0 Å². The van der Waals surface area contributed by atoms with Crippen LogP contribution < -0.4 is 5.32 Å². The lowest BCUT2D eigenvalue weighted by molar-refractivity contribution is -0.113. The molecule has 0 aliphatic carbocycles. The lowest BCUT2D eigenvalue weighted by atomic mass is 10.2. The van der Waals surface area contributed by atoms with Crippen LogP contribution in [0.2, 0.25) is 5.02 Å². The molecule has 1 aromatic heterocycles. The number of nitrogens with one attached hydrogen (secondary N) is 1. The maximum absolute atomic E-state index is 12.8. The van der Waals surface area contributed by atoms with Crippen molar-refractivity contribution >= 4 is 46.7 Å².